The predicted molar refractivity (Wildman–Crippen MR) is 126 cm³/mol. The summed E-state index contributed by atoms with van der Waals surface area (Å²) in [7, 11) is 0. The SMILES string of the molecule is NC=C(C=NCC1CCOC1)c1cnc(N2CCC(N)CC2)nc1-c1ccc(N)cc1. The van der Waals surface area contributed by atoms with Crippen molar-refractivity contribution < 1.29 is 4.74 Å². The number of ether oxygens (including phenoxy) is 1. The van der Waals surface area contributed by atoms with Crippen molar-refractivity contribution in [3.05, 3.63) is 42.2 Å². The molecule has 0 radical (unpaired) electrons. The molecule has 0 saturated carbocycles. The van der Waals surface area contributed by atoms with E-state index in [2.05, 4.69) is 14.9 Å². The second-order valence-electron chi connectivity index (χ2n) is 8.22. The first-order valence-corrected chi connectivity index (χ1v) is 10.9. The van der Waals surface area contributed by atoms with Crippen LogP contribution in [0.5, 0.6) is 0 Å². The van der Waals surface area contributed by atoms with Crippen LogP contribution >= 0.6 is 0 Å². The van der Waals surface area contributed by atoms with Crippen LogP contribution in [0.25, 0.3) is 16.8 Å². The molecule has 1 unspecified atom stereocenters. The van der Waals surface area contributed by atoms with Gasteiger partial charge < -0.3 is 26.8 Å². The van der Waals surface area contributed by atoms with Crippen molar-refractivity contribution in [2.75, 3.05) is 43.5 Å². The molecule has 1 atom stereocenters. The second kappa shape index (κ2) is 9.89. The Kier molecular flexibility index (Phi) is 6.79. The number of hydrogen-bond donors (Lipinski definition) is 3. The molecule has 0 aliphatic carbocycles. The van der Waals surface area contributed by atoms with E-state index in [0.29, 0.717) is 17.6 Å². The molecule has 6 N–H and O–H groups in total. The average molecular weight is 422 g/mol. The molecular formula is C23H31N7O. The summed E-state index contributed by atoms with van der Waals surface area (Å²) in [5.41, 5.74) is 22.1. The van der Waals surface area contributed by atoms with Crippen molar-refractivity contribution in [3.8, 4) is 11.3 Å². The maximum absolute atomic E-state index is 6.06. The molecule has 2 aliphatic rings. The van der Waals surface area contributed by atoms with Crippen LogP contribution in [0.3, 0.4) is 0 Å². The Labute approximate surface area is 183 Å². The molecule has 1 aromatic heterocycles. The highest BCUT2D eigenvalue weighted by molar-refractivity contribution is 6.11. The van der Waals surface area contributed by atoms with Crippen molar-refractivity contribution in [2.45, 2.75) is 25.3 Å². The lowest BCUT2D eigenvalue weighted by Crippen LogP contribution is -2.40. The van der Waals surface area contributed by atoms with Crippen LogP contribution < -0.4 is 22.1 Å². The van der Waals surface area contributed by atoms with E-state index < -0.39 is 0 Å². The third kappa shape index (κ3) is 5.21. The largest absolute Gasteiger partial charge is 0.404 e. The molecule has 31 heavy (non-hydrogen) atoms. The minimum absolute atomic E-state index is 0.250. The fourth-order valence-electron chi connectivity index (χ4n) is 3.93. The third-order valence-corrected chi connectivity index (χ3v) is 5.89. The van der Waals surface area contributed by atoms with E-state index >= 15 is 0 Å². The molecule has 2 aromatic rings. The smallest absolute Gasteiger partial charge is 0.225 e. The summed E-state index contributed by atoms with van der Waals surface area (Å²) in [6.45, 7) is 4.02. The highest BCUT2D eigenvalue weighted by Gasteiger charge is 2.21. The maximum Gasteiger partial charge on any atom is 0.225 e. The van der Waals surface area contributed by atoms with Crippen LogP contribution in [-0.4, -0.2) is 55.1 Å². The predicted octanol–water partition coefficient (Wildman–Crippen LogP) is 2.06. The first-order chi connectivity index (χ1) is 15.1. The number of aromatic nitrogens is 2. The van der Waals surface area contributed by atoms with Gasteiger partial charge in [-0.2, -0.15) is 0 Å². The van der Waals surface area contributed by atoms with Gasteiger partial charge in [0.15, 0.2) is 0 Å². The molecule has 3 heterocycles. The number of nitrogens with zero attached hydrogens (tertiary/aromatic N) is 4. The van der Waals surface area contributed by atoms with Gasteiger partial charge in [-0.1, -0.05) is 12.1 Å². The van der Waals surface area contributed by atoms with Crippen LogP contribution in [0.4, 0.5) is 11.6 Å². The lowest BCUT2D eigenvalue weighted by atomic mass is 10.0. The van der Waals surface area contributed by atoms with Gasteiger partial charge in [0.05, 0.1) is 12.3 Å². The van der Waals surface area contributed by atoms with Gasteiger partial charge in [-0.3, -0.25) is 4.99 Å². The number of hydrogen-bond acceptors (Lipinski definition) is 8. The zero-order chi connectivity index (χ0) is 21.6. The standard InChI is InChI=1S/C23H31N7O/c24-11-18(13-27-12-16-7-10-31-15-16)21-14-28-23(30-8-5-20(26)6-9-30)29-22(21)17-1-3-19(25)4-2-17/h1-4,11,13-14,16,20H,5-10,12,15,24-26H2. The average Bonchev–Trinajstić information content (AvgIpc) is 3.31. The van der Waals surface area contributed by atoms with Crippen LogP contribution in [0, 0.1) is 5.92 Å². The van der Waals surface area contributed by atoms with E-state index in [1.165, 1.54) is 0 Å². The van der Waals surface area contributed by atoms with Crippen LogP contribution in [-0.2, 0) is 4.74 Å². The number of nitrogens with two attached hydrogens (primary N) is 3. The Morgan fingerprint density at radius 2 is 1.97 bits per heavy atom. The number of rotatable bonds is 6. The fourth-order valence-corrected chi connectivity index (χ4v) is 3.93. The molecular weight excluding hydrogens is 390 g/mol. The number of benzene rings is 1. The van der Waals surface area contributed by atoms with Gasteiger partial charge >= 0.3 is 0 Å². The summed E-state index contributed by atoms with van der Waals surface area (Å²) in [4.78, 5) is 16.4. The van der Waals surface area contributed by atoms with E-state index in [-0.39, 0.29) is 6.04 Å². The van der Waals surface area contributed by atoms with Crippen molar-refractivity contribution in [1.29, 1.82) is 0 Å². The van der Waals surface area contributed by atoms with Crippen molar-refractivity contribution in [1.82, 2.24) is 9.97 Å². The van der Waals surface area contributed by atoms with Gasteiger partial charge in [0.2, 0.25) is 5.95 Å². The Bertz CT molecular complexity index is 927. The second-order valence-corrected chi connectivity index (χ2v) is 8.22. The zero-order valence-corrected chi connectivity index (χ0v) is 17.8. The fraction of sp³-hybridized carbons (Fsp3) is 0.435. The number of anilines is 2. The van der Waals surface area contributed by atoms with Gasteiger partial charge in [-0.15, -0.1) is 0 Å². The van der Waals surface area contributed by atoms with E-state index in [4.69, 9.17) is 26.9 Å². The van der Waals surface area contributed by atoms with Crippen molar-refractivity contribution in [2.24, 2.45) is 22.4 Å². The maximum atomic E-state index is 6.06. The molecule has 8 nitrogen and oxygen atoms in total. The highest BCUT2D eigenvalue weighted by atomic mass is 16.5. The molecule has 2 fully saturated rings. The lowest BCUT2D eigenvalue weighted by molar-refractivity contribution is 0.187. The summed E-state index contributed by atoms with van der Waals surface area (Å²) < 4.78 is 5.43. The molecule has 0 bridgehead atoms. The summed E-state index contributed by atoms with van der Waals surface area (Å²) in [6, 6.07) is 7.94. The third-order valence-electron chi connectivity index (χ3n) is 5.89. The van der Waals surface area contributed by atoms with Gasteiger partial charge in [-0.25, -0.2) is 9.97 Å². The Balaban J connectivity index is 1.64. The van der Waals surface area contributed by atoms with Crippen LogP contribution in [0.1, 0.15) is 24.8 Å². The van der Waals surface area contributed by atoms with E-state index in [1.54, 1.807) is 6.20 Å². The van der Waals surface area contributed by atoms with Gasteiger partial charge in [0.1, 0.15) is 0 Å². The lowest BCUT2D eigenvalue weighted by Gasteiger charge is -2.30. The Morgan fingerprint density at radius 3 is 2.65 bits per heavy atom. The molecule has 4 rings (SSSR count). The molecule has 0 spiro atoms. The normalized spacial score (nSPS) is 20.6. The minimum Gasteiger partial charge on any atom is -0.404 e. The van der Waals surface area contributed by atoms with Gasteiger partial charge in [0, 0.05) is 79.2 Å². The zero-order valence-electron chi connectivity index (χ0n) is 17.8. The number of nitrogen functional groups attached to an aromatic ring is 1. The molecule has 2 aliphatic heterocycles. The van der Waals surface area contributed by atoms with Crippen molar-refractivity contribution >= 4 is 23.4 Å². The van der Waals surface area contributed by atoms with E-state index in [9.17, 15) is 0 Å². The van der Waals surface area contributed by atoms with Crippen LogP contribution in [0.15, 0.2) is 41.7 Å². The molecule has 0 amide bonds. The summed E-state index contributed by atoms with van der Waals surface area (Å²) in [5.74, 6) is 1.18. The molecule has 2 saturated heterocycles. The van der Waals surface area contributed by atoms with E-state index in [0.717, 1.165) is 74.5 Å². The van der Waals surface area contributed by atoms with Crippen molar-refractivity contribution in [3.63, 3.8) is 0 Å². The molecule has 8 heteroatoms. The Hall–Kier alpha value is -2.97. The number of allylic oxidation sites excluding steroid dienone is 1. The number of aliphatic imine (C=N–C) groups is 1. The minimum atomic E-state index is 0.250. The first kappa shape index (κ1) is 21.3. The van der Waals surface area contributed by atoms with Crippen LogP contribution in [0.2, 0.25) is 0 Å². The highest BCUT2D eigenvalue weighted by Crippen LogP contribution is 2.29. The van der Waals surface area contributed by atoms with Gasteiger partial charge in [-0.05, 0) is 31.4 Å². The quantitative estimate of drug-likeness (QED) is 0.481. The number of piperidine rings is 1. The summed E-state index contributed by atoms with van der Waals surface area (Å²) >= 11 is 0. The summed E-state index contributed by atoms with van der Waals surface area (Å²) in [6.07, 6.45) is 8.14. The van der Waals surface area contributed by atoms with E-state index in [1.807, 2.05) is 36.7 Å². The topological polar surface area (TPSA) is 129 Å². The monoisotopic (exact) mass is 421 g/mol. The molecule has 164 valence electrons. The Morgan fingerprint density at radius 1 is 1.19 bits per heavy atom. The first-order valence-electron chi connectivity index (χ1n) is 10.9. The van der Waals surface area contributed by atoms with Gasteiger partial charge in [0.25, 0.3) is 0 Å². The summed E-state index contributed by atoms with van der Waals surface area (Å²) in [5, 5.41) is 0. The molecule has 1 aromatic carbocycles.